The maximum atomic E-state index is 12.7. The molecule has 148 valence electrons. The average Bonchev–Trinajstić information content (AvgIpc) is 2.62. The molecule has 0 amide bonds. The largest absolute Gasteiger partial charge is 0.450 e. The van der Waals surface area contributed by atoms with E-state index in [1.165, 1.54) is 18.3 Å². The third kappa shape index (κ3) is 5.91. The molecule has 0 radical (unpaired) electrons. The number of ether oxygens (including phenoxy) is 1. The molecule has 2 aromatic carbocycles. The number of thiocarbonyl (C=S) groups is 1. The molecule has 2 N–H and O–H groups in total. The molecule has 11 heteroatoms. The highest BCUT2D eigenvalue weighted by atomic mass is 32.1. The van der Waals surface area contributed by atoms with Crippen LogP contribution in [0.15, 0.2) is 47.6 Å². The van der Waals surface area contributed by atoms with Crippen molar-refractivity contribution in [1.29, 1.82) is 0 Å². The van der Waals surface area contributed by atoms with Gasteiger partial charge >= 0.3 is 11.9 Å². The highest BCUT2D eigenvalue weighted by Gasteiger charge is 2.33. The predicted octanol–water partition coefficient (Wildman–Crippen LogP) is 4.22. The van der Waals surface area contributed by atoms with Crippen molar-refractivity contribution < 1.29 is 22.8 Å². The molecule has 0 heterocycles. The highest BCUT2D eigenvalue weighted by Crippen LogP contribution is 2.37. The summed E-state index contributed by atoms with van der Waals surface area (Å²) >= 11 is 4.95. The summed E-state index contributed by atoms with van der Waals surface area (Å²) in [5, 5.41) is 18.2. The van der Waals surface area contributed by atoms with Crippen molar-refractivity contribution in [2.24, 2.45) is 5.10 Å². The van der Waals surface area contributed by atoms with Crippen molar-refractivity contribution in [3.05, 3.63) is 63.7 Å². The number of hydrazone groups is 1. The van der Waals surface area contributed by atoms with Crippen LogP contribution in [0.5, 0.6) is 11.5 Å². The molecule has 0 spiro atoms. The lowest BCUT2D eigenvalue weighted by Gasteiger charge is -2.10. The quantitative estimate of drug-likeness (QED) is 0.320. The molecular formula is C17H15F3N4O3S. The fourth-order valence-corrected chi connectivity index (χ4v) is 2.23. The summed E-state index contributed by atoms with van der Waals surface area (Å²) in [5.41, 5.74) is 1.40. The summed E-state index contributed by atoms with van der Waals surface area (Å²) in [4.78, 5) is 10.2. The van der Waals surface area contributed by atoms with E-state index in [0.717, 1.165) is 12.1 Å². The SMILES string of the molecule is CCNC(=S)NN=Cc1ccc(Oc2ccc(C(F)(F)F)cc2[N+](=O)[O-])cc1. The number of nitrogens with one attached hydrogen (secondary N) is 2. The molecule has 0 saturated carbocycles. The summed E-state index contributed by atoms with van der Waals surface area (Å²) in [6.07, 6.45) is -3.19. The van der Waals surface area contributed by atoms with Gasteiger partial charge in [0.05, 0.1) is 16.7 Å². The molecule has 0 aliphatic heterocycles. The first-order chi connectivity index (χ1) is 13.2. The van der Waals surface area contributed by atoms with Crippen LogP contribution in [0.1, 0.15) is 18.1 Å². The Kier molecular flexibility index (Phi) is 6.88. The molecule has 0 bridgehead atoms. The fraction of sp³-hybridized carbons (Fsp3) is 0.176. The van der Waals surface area contributed by atoms with Crippen molar-refractivity contribution in [3.63, 3.8) is 0 Å². The van der Waals surface area contributed by atoms with Crippen LogP contribution in [0.3, 0.4) is 0 Å². The lowest BCUT2D eigenvalue weighted by molar-refractivity contribution is -0.385. The molecule has 0 aliphatic rings. The highest BCUT2D eigenvalue weighted by molar-refractivity contribution is 7.80. The molecule has 0 unspecified atom stereocenters. The number of alkyl halides is 3. The van der Waals surface area contributed by atoms with Crippen LogP contribution >= 0.6 is 12.2 Å². The topological polar surface area (TPSA) is 88.8 Å². The Labute approximate surface area is 163 Å². The van der Waals surface area contributed by atoms with Crippen molar-refractivity contribution in [2.75, 3.05) is 6.54 Å². The molecule has 0 fully saturated rings. The third-order valence-electron chi connectivity index (χ3n) is 3.31. The van der Waals surface area contributed by atoms with E-state index < -0.39 is 22.4 Å². The fourth-order valence-electron chi connectivity index (χ4n) is 2.04. The minimum absolute atomic E-state index is 0.219. The standard InChI is InChI=1S/C17H15F3N4O3S/c1-2-21-16(28)23-22-10-11-3-6-13(7-4-11)27-15-8-5-12(17(18,19)20)9-14(15)24(25)26/h3-10H,2H2,1H3,(H2,21,23,28). The maximum Gasteiger partial charge on any atom is 0.416 e. The first-order valence-corrected chi connectivity index (χ1v) is 8.32. The minimum atomic E-state index is -4.69. The second-order valence-corrected chi connectivity index (χ2v) is 5.75. The number of rotatable bonds is 6. The number of nitrogens with zero attached hydrogens (tertiary/aromatic N) is 2. The lowest BCUT2D eigenvalue weighted by Crippen LogP contribution is -2.31. The Bertz CT molecular complexity index is 886. The Hall–Kier alpha value is -3.21. The maximum absolute atomic E-state index is 12.7. The normalized spacial score (nSPS) is 11.3. The van der Waals surface area contributed by atoms with E-state index in [2.05, 4.69) is 15.8 Å². The van der Waals surface area contributed by atoms with Crippen LogP contribution in [-0.4, -0.2) is 22.8 Å². The molecule has 7 nitrogen and oxygen atoms in total. The van der Waals surface area contributed by atoms with Crippen molar-refractivity contribution >= 4 is 29.2 Å². The molecule has 28 heavy (non-hydrogen) atoms. The second kappa shape index (κ2) is 9.13. The van der Waals surface area contributed by atoms with Gasteiger partial charge in [-0.3, -0.25) is 15.5 Å². The van der Waals surface area contributed by atoms with Crippen molar-refractivity contribution in [3.8, 4) is 11.5 Å². The van der Waals surface area contributed by atoms with Gasteiger partial charge < -0.3 is 10.1 Å². The summed E-state index contributed by atoms with van der Waals surface area (Å²) < 4.78 is 43.6. The van der Waals surface area contributed by atoms with E-state index in [1.807, 2.05) is 6.92 Å². The smallest absolute Gasteiger partial charge is 0.416 e. The van der Waals surface area contributed by atoms with Gasteiger partial charge in [0.15, 0.2) is 5.11 Å². The molecule has 0 aromatic heterocycles. The molecule has 2 rings (SSSR count). The number of hydrogen-bond acceptors (Lipinski definition) is 5. The van der Waals surface area contributed by atoms with E-state index in [0.29, 0.717) is 23.3 Å². The molecule has 2 aromatic rings. The van der Waals surface area contributed by atoms with Gasteiger partial charge in [0, 0.05) is 12.6 Å². The molecule has 0 aliphatic carbocycles. The Balaban J connectivity index is 2.12. The van der Waals surface area contributed by atoms with Crippen molar-refractivity contribution in [1.82, 2.24) is 10.7 Å². The van der Waals surface area contributed by atoms with Gasteiger partial charge in [0.1, 0.15) is 5.75 Å². The molecule has 0 atom stereocenters. The first-order valence-electron chi connectivity index (χ1n) is 7.91. The average molecular weight is 412 g/mol. The minimum Gasteiger partial charge on any atom is -0.450 e. The number of nitro benzene ring substituents is 1. The van der Waals surface area contributed by atoms with Gasteiger partial charge in [0.25, 0.3) is 0 Å². The van der Waals surface area contributed by atoms with E-state index in [-0.39, 0.29) is 11.5 Å². The monoisotopic (exact) mass is 412 g/mol. The van der Waals surface area contributed by atoms with Gasteiger partial charge in [-0.1, -0.05) is 0 Å². The van der Waals surface area contributed by atoms with E-state index in [4.69, 9.17) is 17.0 Å². The van der Waals surface area contributed by atoms with E-state index in [1.54, 1.807) is 12.1 Å². The van der Waals surface area contributed by atoms with Crippen LogP contribution < -0.4 is 15.5 Å². The van der Waals surface area contributed by atoms with Crippen LogP contribution in [0.2, 0.25) is 0 Å². The molecule has 0 saturated heterocycles. The van der Waals surface area contributed by atoms with Gasteiger partial charge in [-0.2, -0.15) is 18.3 Å². The number of halogens is 3. The zero-order chi connectivity index (χ0) is 20.7. The Morgan fingerprint density at radius 2 is 1.96 bits per heavy atom. The number of hydrogen-bond donors (Lipinski definition) is 2. The van der Waals surface area contributed by atoms with Gasteiger partial charge in [-0.15, -0.1) is 0 Å². The summed E-state index contributed by atoms with van der Waals surface area (Å²) in [5.74, 6) is -0.0757. The third-order valence-corrected chi connectivity index (χ3v) is 3.54. The van der Waals surface area contributed by atoms with Crippen molar-refractivity contribution in [2.45, 2.75) is 13.1 Å². The van der Waals surface area contributed by atoms with Gasteiger partial charge in [-0.25, -0.2) is 0 Å². The Morgan fingerprint density at radius 3 is 2.54 bits per heavy atom. The van der Waals surface area contributed by atoms with Crippen LogP contribution in [0.25, 0.3) is 0 Å². The second-order valence-electron chi connectivity index (χ2n) is 5.34. The zero-order valence-corrected chi connectivity index (χ0v) is 15.3. The van der Waals surface area contributed by atoms with Gasteiger partial charge in [0.2, 0.25) is 5.75 Å². The number of nitro groups is 1. The molecular weight excluding hydrogens is 397 g/mol. The summed E-state index contributed by atoms with van der Waals surface area (Å²) in [7, 11) is 0. The lowest BCUT2D eigenvalue weighted by atomic mass is 10.2. The number of benzene rings is 2. The zero-order valence-electron chi connectivity index (χ0n) is 14.5. The van der Waals surface area contributed by atoms with Gasteiger partial charge in [-0.05, 0) is 61.1 Å². The van der Waals surface area contributed by atoms with Crippen LogP contribution in [-0.2, 0) is 6.18 Å². The van der Waals surface area contributed by atoms with Crippen LogP contribution in [0, 0.1) is 10.1 Å². The summed E-state index contributed by atoms with van der Waals surface area (Å²) in [6, 6.07) is 8.33. The van der Waals surface area contributed by atoms with Crippen LogP contribution in [0.4, 0.5) is 18.9 Å². The van der Waals surface area contributed by atoms with E-state index >= 15 is 0 Å². The predicted molar refractivity (Wildman–Crippen MR) is 102 cm³/mol. The Morgan fingerprint density at radius 1 is 1.29 bits per heavy atom. The first kappa shape index (κ1) is 21.1. The summed E-state index contributed by atoms with van der Waals surface area (Å²) in [6.45, 7) is 2.54. The van der Waals surface area contributed by atoms with E-state index in [9.17, 15) is 23.3 Å².